The first kappa shape index (κ1) is 15.3. The molecule has 2 aromatic rings. The fourth-order valence-corrected chi connectivity index (χ4v) is 2.07. The summed E-state index contributed by atoms with van der Waals surface area (Å²) in [4.78, 5) is 4.25. The summed E-state index contributed by atoms with van der Waals surface area (Å²) in [5, 5.41) is 3.10. The van der Waals surface area contributed by atoms with E-state index in [1.54, 1.807) is 25.4 Å². The van der Waals surface area contributed by atoms with Gasteiger partial charge in [-0.2, -0.15) is 0 Å². The third-order valence-electron chi connectivity index (χ3n) is 3.04. The van der Waals surface area contributed by atoms with E-state index in [-0.39, 0.29) is 11.8 Å². The average Bonchev–Trinajstić information content (AvgIpc) is 2.90. The van der Waals surface area contributed by atoms with Gasteiger partial charge in [-0.1, -0.05) is 0 Å². The summed E-state index contributed by atoms with van der Waals surface area (Å²) in [6.45, 7) is 4.85. The van der Waals surface area contributed by atoms with Gasteiger partial charge in [0.05, 0.1) is 19.3 Å². The highest BCUT2D eigenvalue weighted by molar-refractivity contribution is 5.55. The number of hydrogen-bond donors (Lipinski definition) is 1. The molecule has 0 bridgehead atoms. The number of halogens is 1. The minimum absolute atomic E-state index is 0.132. The van der Waals surface area contributed by atoms with Crippen molar-refractivity contribution >= 4 is 11.6 Å². The van der Waals surface area contributed by atoms with Crippen LogP contribution in [0.5, 0.6) is 5.75 Å². The Bertz CT molecular complexity index is 586. The van der Waals surface area contributed by atoms with E-state index in [4.69, 9.17) is 9.47 Å². The molecule has 0 aliphatic heterocycles. The van der Waals surface area contributed by atoms with Crippen LogP contribution >= 0.6 is 0 Å². The zero-order valence-corrected chi connectivity index (χ0v) is 12.5. The summed E-state index contributed by atoms with van der Waals surface area (Å²) in [5.41, 5.74) is 0.619. The van der Waals surface area contributed by atoms with E-state index >= 15 is 0 Å². The second-order valence-electron chi connectivity index (χ2n) is 4.67. The lowest BCUT2D eigenvalue weighted by molar-refractivity contribution is 0.163. The Balaban J connectivity index is 2.15. The van der Waals surface area contributed by atoms with Crippen molar-refractivity contribution in [3.05, 3.63) is 36.4 Å². The lowest BCUT2D eigenvalue weighted by Crippen LogP contribution is -2.12. The van der Waals surface area contributed by atoms with Gasteiger partial charge in [0.1, 0.15) is 0 Å². The number of benzene rings is 1. The average molecular weight is 293 g/mol. The fourth-order valence-electron chi connectivity index (χ4n) is 2.07. The first-order valence-corrected chi connectivity index (χ1v) is 6.86. The molecule has 0 aliphatic carbocycles. The minimum atomic E-state index is -0.398. The Labute approximate surface area is 123 Å². The van der Waals surface area contributed by atoms with Crippen LogP contribution in [-0.2, 0) is 4.74 Å². The molecule has 0 saturated heterocycles. The summed E-state index contributed by atoms with van der Waals surface area (Å²) >= 11 is 0. The Morgan fingerprint density at radius 2 is 2.24 bits per heavy atom. The highest BCUT2D eigenvalue weighted by atomic mass is 19.1. The van der Waals surface area contributed by atoms with E-state index in [0.717, 1.165) is 0 Å². The SMILES string of the molecule is CCOc1ccc(Nc2nccn2C(C)COC)cc1F. The highest BCUT2D eigenvalue weighted by Gasteiger charge is 2.11. The maximum atomic E-state index is 13.8. The largest absolute Gasteiger partial charge is 0.491 e. The van der Waals surface area contributed by atoms with Crippen LogP contribution in [0, 0.1) is 5.82 Å². The second kappa shape index (κ2) is 7.08. The Kier molecular flexibility index (Phi) is 5.16. The molecule has 114 valence electrons. The number of ether oxygens (including phenoxy) is 2. The molecule has 1 aromatic carbocycles. The van der Waals surface area contributed by atoms with E-state index in [1.165, 1.54) is 6.07 Å². The summed E-state index contributed by atoms with van der Waals surface area (Å²) in [6, 6.07) is 4.89. The van der Waals surface area contributed by atoms with E-state index in [1.807, 2.05) is 24.6 Å². The van der Waals surface area contributed by atoms with Crippen molar-refractivity contribution in [3.63, 3.8) is 0 Å². The number of imidazole rings is 1. The van der Waals surface area contributed by atoms with Gasteiger partial charge >= 0.3 is 0 Å². The van der Waals surface area contributed by atoms with Crippen LogP contribution < -0.4 is 10.1 Å². The summed E-state index contributed by atoms with van der Waals surface area (Å²) in [6.07, 6.45) is 3.55. The van der Waals surface area contributed by atoms with E-state index in [2.05, 4.69) is 10.3 Å². The Hall–Kier alpha value is -2.08. The Morgan fingerprint density at radius 1 is 1.43 bits per heavy atom. The first-order chi connectivity index (χ1) is 10.2. The maximum Gasteiger partial charge on any atom is 0.207 e. The number of anilines is 2. The molecule has 0 radical (unpaired) electrons. The molecule has 6 heteroatoms. The number of aromatic nitrogens is 2. The van der Waals surface area contributed by atoms with Crippen molar-refractivity contribution in [2.24, 2.45) is 0 Å². The zero-order chi connectivity index (χ0) is 15.2. The molecule has 1 atom stereocenters. The maximum absolute atomic E-state index is 13.8. The van der Waals surface area contributed by atoms with Crippen LogP contribution in [0.3, 0.4) is 0 Å². The standard InChI is InChI=1S/C15H20FN3O2/c1-4-21-14-6-5-12(9-13(14)16)18-15-17-7-8-19(15)11(2)10-20-3/h5-9,11H,4,10H2,1-3H3,(H,17,18). The van der Waals surface area contributed by atoms with Gasteiger partial charge in [0, 0.05) is 31.3 Å². The van der Waals surface area contributed by atoms with Gasteiger partial charge in [-0.15, -0.1) is 0 Å². The van der Waals surface area contributed by atoms with Gasteiger partial charge in [0.2, 0.25) is 5.95 Å². The molecule has 0 amide bonds. The smallest absolute Gasteiger partial charge is 0.207 e. The minimum Gasteiger partial charge on any atom is -0.491 e. The molecule has 0 aliphatic rings. The first-order valence-electron chi connectivity index (χ1n) is 6.86. The normalized spacial score (nSPS) is 12.2. The van der Waals surface area contributed by atoms with Gasteiger partial charge in [-0.3, -0.25) is 0 Å². The van der Waals surface area contributed by atoms with Crippen molar-refractivity contribution in [2.45, 2.75) is 19.9 Å². The van der Waals surface area contributed by atoms with Crippen molar-refractivity contribution in [1.29, 1.82) is 0 Å². The monoisotopic (exact) mass is 293 g/mol. The number of nitrogens with zero attached hydrogens (tertiary/aromatic N) is 2. The van der Waals surface area contributed by atoms with E-state index in [0.29, 0.717) is 24.8 Å². The van der Waals surface area contributed by atoms with Gasteiger partial charge in [-0.05, 0) is 26.0 Å². The van der Waals surface area contributed by atoms with E-state index in [9.17, 15) is 4.39 Å². The number of nitrogens with one attached hydrogen (secondary N) is 1. The molecule has 1 heterocycles. The van der Waals surface area contributed by atoms with Crippen LogP contribution in [0.25, 0.3) is 0 Å². The topological polar surface area (TPSA) is 48.3 Å². The number of rotatable bonds is 7. The molecule has 21 heavy (non-hydrogen) atoms. The van der Waals surface area contributed by atoms with E-state index < -0.39 is 5.82 Å². The summed E-state index contributed by atoms with van der Waals surface area (Å²) in [7, 11) is 1.66. The quantitative estimate of drug-likeness (QED) is 0.850. The number of hydrogen-bond acceptors (Lipinski definition) is 4. The molecule has 5 nitrogen and oxygen atoms in total. The number of methoxy groups -OCH3 is 1. The van der Waals surface area contributed by atoms with Crippen molar-refractivity contribution < 1.29 is 13.9 Å². The van der Waals surface area contributed by atoms with Crippen LogP contribution in [0.4, 0.5) is 16.0 Å². The highest BCUT2D eigenvalue weighted by Crippen LogP contribution is 2.24. The lowest BCUT2D eigenvalue weighted by Gasteiger charge is -2.16. The molecule has 0 fully saturated rings. The third-order valence-corrected chi connectivity index (χ3v) is 3.04. The predicted molar refractivity (Wildman–Crippen MR) is 79.7 cm³/mol. The summed E-state index contributed by atoms with van der Waals surface area (Å²) < 4.78 is 26.1. The van der Waals surface area contributed by atoms with Crippen LogP contribution in [0.1, 0.15) is 19.9 Å². The second-order valence-corrected chi connectivity index (χ2v) is 4.67. The van der Waals surface area contributed by atoms with Crippen LogP contribution in [-0.4, -0.2) is 29.9 Å². The van der Waals surface area contributed by atoms with Crippen molar-refractivity contribution in [2.75, 3.05) is 25.6 Å². The van der Waals surface area contributed by atoms with Crippen molar-refractivity contribution in [3.8, 4) is 5.75 Å². The molecule has 0 saturated carbocycles. The fraction of sp³-hybridized carbons (Fsp3) is 0.400. The van der Waals surface area contributed by atoms with Gasteiger partial charge in [0.15, 0.2) is 11.6 Å². The molecular weight excluding hydrogens is 273 g/mol. The van der Waals surface area contributed by atoms with Crippen LogP contribution in [0.15, 0.2) is 30.6 Å². The zero-order valence-electron chi connectivity index (χ0n) is 12.5. The predicted octanol–water partition coefficient (Wildman–Crippen LogP) is 3.37. The van der Waals surface area contributed by atoms with Gasteiger partial charge < -0.3 is 19.4 Å². The molecule has 0 spiro atoms. The summed E-state index contributed by atoms with van der Waals surface area (Å²) in [5.74, 6) is 0.493. The third kappa shape index (κ3) is 3.72. The lowest BCUT2D eigenvalue weighted by atomic mass is 10.3. The molecular formula is C15H20FN3O2. The van der Waals surface area contributed by atoms with Gasteiger partial charge in [0.25, 0.3) is 0 Å². The molecule has 1 N–H and O–H groups in total. The van der Waals surface area contributed by atoms with Crippen molar-refractivity contribution in [1.82, 2.24) is 9.55 Å². The van der Waals surface area contributed by atoms with Gasteiger partial charge in [-0.25, -0.2) is 9.37 Å². The Morgan fingerprint density at radius 3 is 2.90 bits per heavy atom. The molecule has 2 rings (SSSR count). The molecule has 1 aromatic heterocycles. The van der Waals surface area contributed by atoms with Crippen LogP contribution in [0.2, 0.25) is 0 Å². The molecule has 1 unspecified atom stereocenters.